The van der Waals surface area contributed by atoms with Crippen molar-refractivity contribution in [3.8, 4) is 0 Å². The van der Waals surface area contributed by atoms with Gasteiger partial charge in [-0.2, -0.15) is 0 Å². The molecular weight excluding hydrogens is 220 g/mol. The van der Waals surface area contributed by atoms with Crippen LogP contribution >= 0.6 is 11.3 Å². The molecule has 0 spiro atoms. The molecule has 0 saturated heterocycles. The van der Waals surface area contributed by atoms with Crippen LogP contribution in [0, 0.1) is 0 Å². The van der Waals surface area contributed by atoms with Crippen molar-refractivity contribution in [3.63, 3.8) is 0 Å². The first-order chi connectivity index (χ1) is 7.81. The predicted molar refractivity (Wildman–Crippen MR) is 65.4 cm³/mol. The van der Waals surface area contributed by atoms with E-state index in [0.29, 0.717) is 6.04 Å². The maximum absolute atomic E-state index is 5.09. The van der Waals surface area contributed by atoms with Gasteiger partial charge in [-0.25, -0.2) is 4.98 Å². The molecule has 2 rings (SSSR count). The van der Waals surface area contributed by atoms with Crippen LogP contribution in [0.3, 0.4) is 0 Å². The van der Waals surface area contributed by atoms with Crippen LogP contribution in [0.4, 0.5) is 0 Å². The number of nitrogens with zero attached hydrogens (tertiary/aromatic N) is 1. The molecule has 86 valence electrons. The molecule has 0 aliphatic carbocycles. The van der Waals surface area contributed by atoms with Crippen molar-refractivity contribution in [1.29, 1.82) is 0 Å². The molecule has 0 aromatic carbocycles. The van der Waals surface area contributed by atoms with Gasteiger partial charge in [0.1, 0.15) is 5.01 Å². The van der Waals surface area contributed by atoms with Crippen LogP contribution in [0.25, 0.3) is 0 Å². The number of hydrogen-bond donors (Lipinski definition) is 1. The van der Waals surface area contributed by atoms with E-state index in [1.54, 1.807) is 23.9 Å². The van der Waals surface area contributed by atoms with Crippen molar-refractivity contribution in [2.75, 3.05) is 0 Å². The minimum Gasteiger partial charge on any atom is -0.472 e. The minimum atomic E-state index is 0.285. The zero-order valence-electron chi connectivity index (χ0n) is 9.51. The molecule has 0 radical (unpaired) electrons. The highest BCUT2D eigenvalue weighted by Crippen LogP contribution is 2.23. The average Bonchev–Trinajstić information content (AvgIpc) is 2.96. The van der Waals surface area contributed by atoms with Crippen LogP contribution in [-0.2, 0) is 0 Å². The fourth-order valence-electron chi connectivity index (χ4n) is 1.69. The molecule has 2 heterocycles. The molecule has 0 amide bonds. The zero-order chi connectivity index (χ0) is 11.4. The van der Waals surface area contributed by atoms with E-state index in [-0.39, 0.29) is 6.04 Å². The molecule has 0 bridgehead atoms. The summed E-state index contributed by atoms with van der Waals surface area (Å²) in [6.45, 7) is 4.31. The van der Waals surface area contributed by atoms with Crippen molar-refractivity contribution in [3.05, 3.63) is 40.7 Å². The maximum Gasteiger partial charge on any atom is 0.109 e. The molecular formula is C12H16N2OS. The second kappa shape index (κ2) is 5.27. The number of rotatable bonds is 5. The second-order valence-electron chi connectivity index (χ2n) is 3.78. The fraction of sp³-hybridized carbons (Fsp3) is 0.417. The largest absolute Gasteiger partial charge is 0.472 e. The van der Waals surface area contributed by atoms with E-state index in [2.05, 4.69) is 24.1 Å². The maximum atomic E-state index is 5.09. The van der Waals surface area contributed by atoms with Crippen LogP contribution in [-0.4, -0.2) is 4.98 Å². The van der Waals surface area contributed by atoms with E-state index in [0.717, 1.165) is 11.4 Å². The Balaban J connectivity index is 2.02. The first kappa shape index (κ1) is 11.4. The molecule has 0 saturated carbocycles. The summed E-state index contributed by atoms with van der Waals surface area (Å²) >= 11 is 1.70. The van der Waals surface area contributed by atoms with Crippen molar-refractivity contribution < 1.29 is 4.42 Å². The van der Waals surface area contributed by atoms with E-state index in [9.17, 15) is 0 Å². The summed E-state index contributed by atoms with van der Waals surface area (Å²) in [5.74, 6) is 0. The summed E-state index contributed by atoms with van der Waals surface area (Å²) in [7, 11) is 0. The van der Waals surface area contributed by atoms with Gasteiger partial charge >= 0.3 is 0 Å². The topological polar surface area (TPSA) is 38.1 Å². The number of aromatic nitrogens is 1. The highest BCUT2D eigenvalue weighted by atomic mass is 32.1. The zero-order valence-corrected chi connectivity index (χ0v) is 10.3. The van der Waals surface area contributed by atoms with Gasteiger partial charge in [-0.1, -0.05) is 6.92 Å². The Morgan fingerprint density at radius 2 is 2.44 bits per heavy atom. The van der Waals surface area contributed by atoms with Gasteiger partial charge in [-0.15, -0.1) is 11.3 Å². The lowest BCUT2D eigenvalue weighted by Gasteiger charge is -2.19. The van der Waals surface area contributed by atoms with Crippen molar-refractivity contribution >= 4 is 11.3 Å². The molecule has 3 nitrogen and oxygen atoms in total. The first-order valence-electron chi connectivity index (χ1n) is 5.48. The second-order valence-corrected chi connectivity index (χ2v) is 4.70. The Labute approximate surface area is 99.5 Å². The van der Waals surface area contributed by atoms with Gasteiger partial charge in [-0.3, -0.25) is 0 Å². The first-order valence-corrected chi connectivity index (χ1v) is 6.36. The number of hydrogen-bond acceptors (Lipinski definition) is 4. The lowest BCUT2D eigenvalue weighted by molar-refractivity contribution is 0.450. The molecule has 0 aliphatic rings. The predicted octanol–water partition coefficient (Wildman–Crippen LogP) is 3.54. The van der Waals surface area contributed by atoms with Gasteiger partial charge in [-0.05, 0) is 19.4 Å². The monoisotopic (exact) mass is 236 g/mol. The summed E-state index contributed by atoms with van der Waals surface area (Å²) in [5.41, 5.74) is 1.18. The van der Waals surface area contributed by atoms with Gasteiger partial charge in [0.05, 0.1) is 18.6 Å². The van der Waals surface area contributed by atoms with E-state index in [1.807, 2.05) is 17.6 Å². The number of furan rings is 1. The molecule has 2 aromatic rings. The normalized spacial score (nSPS) is 14.9. The minimum absolute atomic E-state index is 0.285. The van der Waals surface area contributed by atoms with Crippen molar-refractivity contribution in [2.45, 2.75) is 32.4 Å². The van der Waals surface area contributed by atoms with Crippen LogP contribution in [0.1, 0.15) is 42.9 Å². The van der Waals surface area contributed by atoms with Gasteiger partial charge in [0.25, 0.3) is 0 Å². The summed E-state index contributed by atoms with van der Waals surface area (Å²) in [5, 5.41) is 6.73. The Kier molecular flexibility index (Phi) is 3.74. The molecule has 1 N–H and O–H groups in total. The van der Waals surface area contributed by atoms with Crippen LogP contribution in [0.5, 0.6) is 0 Å². The molecule has 16 heavy (non-hydrogen) atoms. The molecule has 2 aromatic heterocycles. The number of thiazole rings is 1. The molecule has 0 aliphatic heterocycles. The molecule has 2 atom stereocenters. The van der Waals surface area contributed by atoms with Crippen LogP contribution < -0.4 is 5.32 Å². The van der Waals surface area contributed by atoms with E-state index >= 15 is 0 Å². The van der Waals surface area contributed by atoms with Crippen molar-refractivity contribution in [1.82, 2.24) is 10.3 Å². The number of nitrogens with one attached hydrogen (secondary N) is 1. The Hall–Kier alpha value is -1.13. The van der Waals surface area contributed by atoms with E-state index < -0.39 is 0 Å². The quantitative estimate of drug-likeness (QED) is 0.863. The Morgan fingerprint density at radius 3 is 3.00 bits per heavy atom. The average molecular weight is 236 g/mol. The van der Waals surface area contributed by atoms with Gasteiger partial charge < -0.3 is 9.73 Å². The smallest absolute Gasteiger partial charge is 0.109 e. The van der Waals surface area contributed by atoms with Gasteiger partial charge in [0, 0.05) is 23.2 Å². The molecule has 0 fully saturated rings. The van der Waals surface area contributed by atoms with Gasteiger partial charge in [0.15, 0.2) is 0 Å². The van der Waals surface area contributed by atoms with E-state index in [4.69, 9.17) is 4.42 Å². The van der Waals surface area contributed by atoms with E-state index in [1.165, 1.54) is 5.56 Å². The molecule has 2 unspecified atom stereocenters. The Bertz CT molecular complexity index is 397. The highest BCUT2D eigenvalue weighted by Gasteiger charge is 2.16. The SMILES string of the molecule is CCC(NC(C)c1ccoc1)c1nccs1. The third-order valence-electron chi connectivity index (χ3n) is 2.65. The summed E-state index contributed by atoms with van der Waals surface area (Å²) < 4.78 is 5.09. The summed E-state index contributed by atoms with van der Waals surface area (Å²) in [6.07, 6.45) is 6.38. The molecule has 4 heteroatoms. The third kappa shape index (κ3) is 2.51. The van der Waals surface area contributed by atoms with Crippen molar-refractivity contribution in [2.24, 2.45) is 0 Å². The summed E-state index contributed by atoms with van der Waals surface area (Å²) in [4.78, 5) is 4.35. The lowest BCUT2D eigenvalue weighted by Crippen LogP contribution is -2.23. The summed E-state index contributed by atoms with van der Waals surface area (Å²) in [6, 6.07) is 2.60. The fourth-order valence-corrected chi connectivity index (χ4v) is 2.47. The Morgan fingerprint density at radius 1 is 1.56 bits per heavy atom. The lowest BCUT2D eigenvalue weighted by atomic mass is 10.1. The van der Waals surface area contributed by atoms with Crippen LogP contribution in [0.15, 0.2) is 34.6 Å². The standard InChI is InChI=1S/C12H16N2OS/c1-3-11(12-13-5-7-16-12)14-9(2)10-4-6-15-8-10/h4-9,11,14H,3H2,1-2H3. The highest BCUT2D eigenvalue weighted by molar-refractivity contribution is 7.09. The third-order valence-corrected chi connectivity index (χ3v) is 3.54. The van der Waals surface area contributed by atoms with Gasteiger partial charge in [0.2, 0.25) is 0 Å². The van der Waals surface area contributed by atoms with Crippen LogP contribution in [0.2, 0.25) is 0 Å².